The highest BCUT2D eigenvalue weighted by Gasteiger charge is 2.13. The second-order valence-corrected chi connectivity index (χ2v) is 6.56. The maximum absolute atomic E-state index is 12.1. The Kier molecular flexibility index (Phi) is 6.13. The molecule has 0 radical (unpaired) electrons. The van der Waals surface area contributed by atoms with Crippen molar-refractivity contribution in [2.75, 3.05) is 20.3 Å². The van der Waals surface area contributed by atoms with E-state index in [1.165, 1.54) is 0 Å². The molecule has 28 heavy (non-hydrogen) atoms. The van der Waals surface area contributed by atoms with Gasteiger partial charge in [0.1, 0.15) is 24.7 Å². The Hall–Kier alpha value is -3.09. The molecule has 3 rings (SSSR count). The van der Waals surface area contributed by atoms with Gasteiger partial charge in [0.15, 0.2) is 5.65 Å². The first-order valence-electron chi connectivity index (χ1n) is 9.23. The molecule has 2 aromatic heterocycles. The van der Waals surface area contributed by atoms with E-state index in [0.29, 0.717) is 18.8 Å². The summed E-state index contributed by atoms with van der Waals surface area (Å²) in [6, 6.07) is 9.20. The van der Waals surface area contributed by atoms with Crippen LogP contribution in [0.5, 0.6) is 11.5 Å². The minimum atomic E-state index is -0.256. The molecule has 7 heteroatoms. The third kappa shape index (κ3) is 4.60. The van der Waals surface area contributed by atoms with E-state index >= 15 is 0 Å². The standard InChI is InChI=1S/C21H25N3O4/c1-14-13-20-22-15(2)19(16(3)24(20)23-14)9-10-21(25)28-12-11-27-18-7-5-17(26-4)6-8-18/h5-8,13H,9-12H2,1-4H3. The molecule has 3 aromatic rings. The number of carbonyl (C=O) groups excluding carboxylic acids is 1. The molecule has 1 aromatic carbocycles. The van der Waals surface area contributed by atoms with Crippen molar-refractivity contribution in [2.24, 2.45) is 0 Å². The molecule has 0 bridgehead atoms. The van der Waals surface area contributed by atoms with Gasteiger partial charge < -0.3 is 14.2 Å². The average molecular weight is 383 g/mol. The van der Waals surface area contributed by atoms with E-state index in [9.17, 15) is 4.79 Å². The number of esters is 1. The molecule has 0 aliphatic heterocycles. The number of hydrogen-bond acceptors (Lipinski definition) is 6. The first-order valence-corrected chi connectivity index (χ1v) is 9.23. The minimum absolute atomic E-state index is 0.207. The SMILES string of the molecule is COc1ccc(OCCOC(=O)CCc2c(C)nc3cc(C)nn3c2C)cc1. The molecule has 2 heterocycles. The first kappa shape index (κ1) is 19.7. The Morgan fingerprint density at radius 1 is 1.07 bits per heavy atom. The van der Waals surface area contributed by atoms with Crippen LogP contribution in [0.25, 0.3) is 5.65 Å². The Balaban J connectivity index is 1.47. The molecule has 0 saturated heterocycles. The van der Waals surface area contributed by atoms with E-state index < -0.39 is 0 Å². The lowest BCUT2D eigenvalue weighted by Crippen LogP contribution is -2.14. The van der Waals surface area contributed by atoms with Crippen molar-refractivity contribution in [3.8, 4) is 11.5 Å². The highest BCUT2D eigenvalue weighted by molar-refractivity contribution is 5.69. The molecule has 148 valence electrons. The molecule has 0 unspecified atom stereocenters. The summed E-state index contributed by atoms with van der Waals surface area (Å²) in [5, 5.41) is 4.46. The van der Waals surface area contributed by atoms with Gasteiger partial charge in [-0.2, -0.15) is 5.10 Å². The summed E-state index contributed by atoms with van der Waals surface area (Å²) < 4.78 is 17.7. The van der Waals surface area contributed by atoms with Gasteiger partial charge in [0.05, 0.1) is 12.8 Å². The van der Waals surface area contributed by atoms with E-state index in [0.717, 1.165) is 34.0 Å². The van der Waals surface area contributed by atoms with Crippen molar-refractivity contribution in [1.29, 1.82) is 0 Å². The fraction of sp³-hybridized carbons (Fsp3) is 0.381. The third-order valence-electron chi connectivity index (χ3n) is 4.54. The maximum Gasteiger partial charge on any atom is 0.306 e. The molecule has 0 spiro atoms. The topological polar surface area (TPSA) is 75.0 Å². The zero-order valence-corrected chi connectivity index (χ0v) is 16.7. The Morgan fingerprint density at radius 3 is 2.50 bits per heavy atom. The van der Waals surface area contributed by atoms with Gasteiger partial charge in [-0.3, -0.25) is 4.79 Å². The molecule has 7 nitrogen and oxygen atoms in total. The fourth-order valence-corrected chi connectivity index (χ4v) is 3.09. The second-order valence-electron chi connectivity index (χ2n) is 6.56. The molecule has 0 saturated carbocycles. The second kappa shape index (κ2) is 8.73. The summed E-state index contributed by atoms with van der Waals surface area (Å²) in [4.78, 5) is 16.6. The van der Waals surface area contributed by atoms with Gasteiger partial charge in [-0.25, -0.2) is 9.50 Å². The van der Waals surface area contributed by atoms with Crippen molar-refractivity contribution in [3.63, 3.8) is 0 Å². The summed E-state index contributed by atoms with van der Waals surface area (Å²) in [7, 11) is 1.61. The van der Waals surface area contributed by atoms with E-state index in [2.05, 4.69) is 10.1 Å². The molecule has 0 aliphatic rings. The molecule has 0 atom stereocenters. The molecular weight excluding hydrogens is 358 g/mol. The maximum atomic E-state index is 12.1. The predicted octanol–water partition coefficient (Wildman–Crippen LogP) is 3.22. The fourth-order valence-electron chi connectivity index (χ4n) is 3.09. The van der Waals surface area contributed by atoms with Crippen LogP contribution in [0, 0.1) is 20.8 Å². The average Bonchev–Trinajstić information content (AvgIpc) is 3.06. The number of rotatable bonds is 8. The van der Waals surface area contributed by atoms with Crippen molar-refractivity contribution < 1.29 is 19.0 Å². The van der Waals surface area contributed by atoms with Gasteiger partial charge in [0, 0.05) is 23.9 Å². The van der Waals surface area contributed by atoms with Crippen LogP contribution in [-0.4, -0.2) is 40.9 Å². The number of methoxy groups -OCH3 is 1. The summed E-state index contributed by atoms with van der Waals surface area (Å²) >= 11 is 0. The van der Waals surface area contributed by atoms with Gasteiger partial charge in [-0.1, -0.05) is 0 Å². The zero-order valence-electron chi connectivity index (χ0n) is 16.7. The van der Waals surface area contributed by atoms with Crippen LogP contribution in [0.2, 0.25) is 0 Å². The number of nitrogens with zero attached hydrogens (tertiary/aromatic N) is 3. The van der Waals surface area contributed by atoms with Gasteiger partial charge in [0.25, 0.3) is 0 Å². The minimum Gasteiger partial charge on any atom is -0.497 e. The van der Waals surface area contributed by atoms with Crippen molar-refractivity contribution in [2.45, 2.75) is 33.6 Å². The van der Waals surface area contributed by atoms with Crippen LogP contribution in [0.1, 0.15) is 29.1 Å². The Bertz CT molecular complexity index is 964. The summed E-state index contributed by atoms with van der Waals surface area (Å²) in [6.07, 6.45) is 0.856. The molecule has 0 N–H and O–H groups in total. The first-order chi connectivity index (χ1) is 13.5. The van der Waals surface area contributed by atoms with E-state index in [1.807, 2.05) is 55.6 Å². The van der Waals surface area contributed by atoms with Crippen LogP contribution in [0.3, 0.4) is 0 Å². The Morgan fingerprint density at radius 2 is 1.79 bits per heavy atom. The van der Waals surface area contributed by atoms with E-state index in [1.54, 1.807) is 7.11 Å². The number of hydrogen-bond donors (Lipinski definition) is 0. The molecular formula is C21H25N3O4. The quantitative estimate of drug-likeness (QED) is 0.439. The lowest BCUT2D eigenvalue weighted by Gasteiger charge is -2.11. The number of fused-ring (bicyclic) bond motifs is 1. The lowest BCUT2D eigenvalue weighted by molar-refractivity contribution is -0.144. The van der Waals surface area contributed by atoms with E-state index in [4.69, 9.17) is 14.2 Å². The van der Waals surface area contributed by atoms with Gasteiger partial charge in [0.2, 0.25) is 0 Å². The lowest BCUT2D eigenvalue weighted by atomic mass is 10.1. The predicted molar refractivity (Wildman–Crippen MR) is 105 cm³/mol. The highest BCUT2D eigenvalue weighted by atomic mass is 16.6. The summed E-state index contributed by atoms with van der Waals surface area (Å²) in [5.41, 5.74) is 4.70. The Labute approximate surface area is 164 Å². The molecule has 0 fully saturated rings. The zero-order chi connectivity index (χ0) is 20.1. The molecule has 0 amide bonds. The largest absolute Gasteiger partial charge is 0.497 e. The summed E-state index contributed by atoms with van der Waals surface area (Å²) in [5.74, 6) is 1.22. The number of benzene rings is 1. The van der Waals surface area contributed by atoms with Gasteiger partial charge >= 0.3 is 5.97 Å². The van der Waals surface area contributed by atoms with Crippen LogP contribution in [0.4, 0.5) is 0 Å². The van der Waals surface area contributed by atoms with Crippen LogP contribution < -0.4 is 9.47 Å². The van der Waals surface area contributed by atoms with Crippen molar-refractivity contribution in [1.82, 2.24) is 14.6 Å². The number of carbonyl (C=O) groups is 1. The van der Waals surface area contributed by atoms with Crippen molar-refractivity contribution in [3.05, 3.63) is 53.0 Å². The van der Waals surface area contributed by atoms with Crippen LogP contribution >= 0.6 is 0 Å². The van der Waals surface area contributed by atoms with Crippen LogP contribution in [-0.2, 0) is 16.0 Å². The van der Waals surface area contributed by atoms with Crippen LogP contribution in [0.15, 0.2) is 30.3 Å². The monoisotopic (exact) mass is 383 g/mol. The van der Waals surface area contributed by atoms with Gasteiger partial charge in [-0.15, -0.1) is 0 Å². The smallest absolute Gasteiger partial charge is 0.306 e. The van der Waals surface area contributed by atoms with Crippen molar-refractivity contribution >= 4 is 11.6 Å². The highest BCUT2D eigenvalue weighted by Crippen LogP contribution is 2.18. The third-order valence-corrected chi connectivity index (χ3v) is 4.54. The summed E-state index contributed by atoms with van der Waals surface area (Å²) in [6.45, 7) is 6.40. The molecule has 0 aliphatic carbocycles. The normalized spacial score (nSPS) is 10.9. The van der Waals surface area contributed by atoms with Gasteiger partial charge in [-0.05, 0) is 57.0 Å². The number of ether oxygens (including phenoxy) is 3. The van der Waals surface area contributed by atoms with E-state index in [-0.39, 0.29) is 19.0 Å². The number of aryl methyl sites for hydroxylation is 3. The number of aromatic nitrogens is 3.